The predicted molar refractivity (Wildman–Crippen MR) is 630 cm³/mol. The van der Waals surface area contributed by atoms with E-state index in [2.05, 4.69) is 572 Å². The zero-order valence-electron chi connectivity index (χ0n) is 81.3. The molecule has 0 fully saturated rings. The Morgan fingerprint density at radius 1 is 0.121 bits per heavy atom. The zero-order chi connectivity index (χ0) is 98.4. The molecule has 0 bridgehead atoms. The van der Waals surface area contributed by atoms with E-state index in [1.165, 1.54) is 174 Å². The molecule has 0 radical (unpaired) electrons. The summed E-state index contributed by atoms with van der Waals surface area (Å²) in [5.41, 5.74) is 32.3. The number of rotatable bonds is 13. The van der Waals surface area contributed by atoms with Crippen molar-refractivity contribution in [2.24, 2.45) is 0 Å². The highest BCUT2D eigenvalue weighted by Crippen LogP contribution is 2.50. The molecule has 0 unspecified atom stereocenters. The first-order valence-electron chi connectivity index (χ1n) is 51.1. The van der Waals surface area contributed by atoms with Crippen LogP contribution in [0.4, 0.5) is 0 Å². The molecule has 6 nitrogen and oxygen atoms in total. The fourth-order valence-corrected chi connectivity index (χ4v) is 23.1. The zero-order valence-corrected chi connectivity index (χ0v) is 81.3. The Morgan fingerprint density at radius 2 is 0.349 bits per heavy atom. The Kier molecular flexibility index (Phi) is 21.5. The lowest BCUT2D eigenvalue weighted by Crippen LogP contribution is -1.97. The summed E-state index contributed by atoms with van der Waals surface area (Å²) >= 11 is 0. The summed E-state index contributed by atoms with van der Waals surface area (Å²) in [7, 11) is 0. The quantitative estimate of drug-likeness (QED) is 0.116. The van der Waals surface area contributed by atoms with Gasteiger partial charge in [-0.25, -0.2) is 15.0 Å². The molecule has 6 aromatic heterocycles. The summed E-state index contributed by atoms with van der Waals surface area (Å²) in [6.45, 7) is 0. The second kappa shape index (κ2) is 36.9. The highest BCUT2D eigenvalue weighted by atomic mass is 15.0. The van der Waals surface area contributed by atoms with Gasteiger partial charge in [-0.2, -0.15) is 0 Å². The van der Waals surface area contributed by atoms with Crippen LogP contribution in [0.2, 0.25) is 0 Å². The van der Waals surface area contributed by atoms with Crippen molar-refractivity contribution >= 4 is 152 Å². The van der Waals surface area contributed by atoms with Gasteiger partial charge in [0.25, 0.3) is 0 Å². The number of nitrogens with zero attached hydrogens (tertiary/aromatic N) is 6. The fraction of sp³-hybridized carbons (Fsp3) is 0. The minimum Gasteiger partial charge on any atom is -0.309 e. The van der Waals surface area contributed by atoms with Crippen molar-refractivity contribution in [2.75, 3.05) is 0 Å². The maximum Gasteiger partial charge on any atom is 0.0715 e. The number of benzene rings is 24. The number of fused-ring (bicyclic) bond motifs is 23. The molecule has 0 saturated carbocycles. The first-order valence-corrected chi connectivity index (χ1v) is 51.1. The van der Waals surface area contributed by atoms with Crippen molar-refractivity contribution in [3.63, 3.8) is 0 Å². The minimum absolute atomic E-state index is 0.952. The molecule has 0 spiro atoms. The van der Waals surface area contributed by atoms with Crippen LogP contribution in [0.3, 0.4) is 0 Å². The highest BCUT2D eigenvalue weighted by Gasteiger charge is 2.27. The number of aromatic nitrogens is 6. The van der Waals surface area contributed by atoms with Crippen molar-refractivity contribution in [3.05, 3.63) is 558 Å². The summed E-state index contributed by atoms with van der Waals surface area (Å²) in [5.74, 6) is 0. The van der Waals surface area contributed by atoms with Gasteiger partial charge in [-0.1, -0.05) is 449 Å². The Labute approximate surface area is 861 Å². The van der Waals surface area contributed by atoms with E-state index >= 15 is 0 Å². The maximum atomic E-state index is 5.19. The largest absolute Gasteiger partial charge is 0.309 e. The van der Waals surface area contributed by atoms with E-state index in [-0.39, 0.29) is 0 Å². The Balaban J connectivity index is 0.000000108. The smallest absolute Gasteiger partial charge is 0.0715 e. The van der Waals surface area contributed by atoms with E-state index in [4.69, 9.17) is 15.0 Å². The molecule has 24 aromatic carbocycles. The van der Waals surface area contributed by atoms with Gasteiger partial charge in [-0.3, -0.25) is 0 Å². The van der Waals surface area contributed by atoms with Crippen LogP contribution in [0.1, 0.15) is 0 Å². The fourth-order valence-electron chi connectivity index (χ4n) is 23.1. The standard InChI is InChI=1S/C49H32N2.2C47H30N2/c1-4-14-33(15-5-1)38-28-39(40-31-44(36-18-6-2-7-19-36)50-45(32-40)37-20-8-3-9-21-37)30-41(29-38)51-46-26-24-34-16-10-12-22-42(34)48(46)49-43-23-13-11-17-35(43)25-27-47(49)51;1-3-15-33(16-4-1)41-28-37(29-42(48-41)34-17-5-2-6-18-34)36-27-35-19-9-10-20-38(35)45(30-36)49-43-25-23-31-13-7-11-21-39(31)46(43)47-40-22-12-8-14-32(40)24-26-44(47)49;1-3-15-33(16-4-1)41-29-35(30-42(48-41)34-17-5-2-6-18-34)36-25-28-43(40-22-12-11-21-39(36)40)49-44-26-23-31-13-7-9-19-37(31)46(44)47-38-20-10-8-14-32(38)24-27-45(47)49/h1-32H;2*1-30H. The van der Waals surface area contributed by atoms with Crippen LogP contribution in [0.5, 0.6) is 0 Å². The minimum atomic E-state index is 0.952. The van der Waals surface area contributed by atoms with Crippen LogP contribution in [-0.2, 0) is 0 Å². The second-order valence-electron chi connectivity index (χ2n) is 38.7. The van der Waals surface area contributed by atoms with Gasteiger partial charge in [-0.05, 0) is 229 Å². The van der Waals surface area contributed by atoms with Crippen molar-refractivity contribution in [1.29, 1.82) is 0 Å². The normalized spacial score (nSPS) is 11.6. The predicted octanol–water partition coefficient (Wildman–Crippen LogP) is 38.4. The van der Waals surface area contributed by atoms with Crippen LogP contribution < -0.4 is 0 Å². The molecular formula is C143H92N6. The molecule has 0 aliphatic rings. The van der Waals surface area contributed by atoms with Crippen LogP contribution in [-0.4, -0.2) is 28.7 Å². The van der Waals surface area contributed by atoms with Gasteiger partial charge in [0, 0.05) is 82.2 Å². The van der Waals surface area contributed by atoms with Crippen molar-refractivity contribution in [1.82, 2.24) is 28.7 Å². The van der Waals surface area contributed by atoms with E-state index in [0.29, 0.717) is 0 Å². The summed E-state index contributed by atoms with van der Waals surface area (Å²) in [5, 5.41) is 27.7. The average Bonchev–Trinajstić information content (AvgIpc) is 1.56. The molecule has 0 amide bonds. The Hall–Kier alpha value is -19.8. The molecule has 0 aliphatic heterocycles. The number of pyridine rings is 3. The number of hydrogen-bond donors (Lipinski definition) is 0. The topological polar surface area (TPSA) is 53.5 Å². The first kappa shape index (κ1) is 87.0. The van der Waals surface area contributed by atoms with E-state index in [1.54, 1.807) is 0 Å². The molecule has 6 heterocycles. The lowest BCUT2D eigenvalue weighted by atomic mass is 9.94. The van der Waals surface area contributed by atoms with Crippen molar-refractivity contribution < 1.29 is 0 Å². The van der Waals surface area contributed by atoms with Crippen LogP contribution in [0, 0.1) is 0 Å². The lowest BCUT2D eigenvalue weighted by molar-refractivity contribution is 1.18. The molecule has 6 heteroatoms. The van der Waals surface area contributed by atoms with Gasteiger partial charge < -0.3 is 13.7 Å². The molecule has 0 atom stereocenters. The van der Waals surface area contributed by atoms with E-state index < -0.39 is 0 Å². The van der Waals surface area contributed by atoms with Crippen LogP contribution in [0.15, 0.2) is 558 Å². The van der Waals surface area contributed by atoms with Gasteiger partial charge in [0.1, 0.15) is 0 Å². The average molecular weight is 1890 g/mol. The molecule has 30 rings (SSSR count). The molecular weight excluding hydrogens is 1800 g/mol. The van der Waals surface area contributed by atoms with Crippen LogP contribution in [0.25, 0.3) is 281 Å². The lowest BCUT2D eigenvalue weighted by Gasteiger charge is -2.16. The van der Waals surface area contributed by atoms with E-state index in [9.17, 15) is 0 Å². The monoisotopic (exact) mass is 1890 g/mol. The summed E-state index contributed by atoms with van der Waals surface area (Å²) in [6.07, 6.45) is 0. The molecule has 0 N–H and O–H groups in total. The number of hydrogen-bond acceptors (Lipinski definition) is 3. The molecule has 0 saturated heterocycles. The van der Waals surface area contributed by atoms with Gasteiger partial charge in [0.15, 0.2) is 0 Å². The first-order chi connectivity index (χ1) is 73.9. The van der Waals surface area contributed by atoms with Gasteiger partial charge in [-0.15, -0.1) is 0 Å². The summed E-state index contributed by atoms with van der Waals surface area (Å²) in [4.78, 5) is 15.5. The SMILES string of the molecule is c1ccc(-c2cc(-c3cc(-c4ccccc4)nc(-c4ccccc4)c3)cc(-n3c4ccc5ccccc5c4c4c5ccccc5ccc43)c2)cc1.c1ccc(-c2cc(-c3cc(-n4c5ccc6ccccc6c5c5c6ccccc6ccc54)c4ccccc4c3)cc(-c3ccccc3)n2)cc1.c1ccc(-c2cc(-c3ccc(-n4c5ccc6ccccc6c5c5c6ccccc6ccc54)c4ccccc34)cc(-c3ccccc3)n2)cc1. The maximum absolute atomic E-state index is 5.19. The molecule has 30 aromatic rings. The third-order valence-corrected chi connectivity index (χ3v) is 30.0. The van der Waals surface area contributed by atoms with Gasteiger partial charge in [0.2, 0.25) is 0 Å². The van der Waals surface area contributed by atoms with E-state index in [0.717, 1.165) is 107 Å². The third-order valence-electron chi connectivity index (χ3n) is 30.0. The molecule has 0 aliphatic carbocycles. The van der Waals surface area contributed by atoms with Crippen molar-refractivity contribution in [2.45, 2.75) is 0 Å². The van der Waals surface area contributed by atoms with Crippen molar-refractivity contribution in [3.8, 4) is 129 Å². The second-order valence-corrected chi connectivity index (χ2v) is 38.7. The van der Waals surface area contributed by atoms with Gasteiger partial charge in [0.05, 0.1) is 78.6 Å². The molecule has 149 heavy (non-hydrogen) atoms. The van der Waals surface area contributed by atoms with Gasteiger partial charge >= 0.3 is 0 Å². The summed E-state index contributed by atoms with van der Waals surface area (Å²) in [6, 6.07) is 201. The highest BCUT2D eigenvalue weighted by molar-refractivity contribution is 6.32. The molecule has 694 valence electrons. The third kappa shape index (κ3) is 15.5. The Bertz CT molecular complexity index is 10100. The van der Waals surface area contributed by atoms with Crippen LogP contribution >= 0.6 is 0 Å². The summed E-state index contributed by atoms with van der Waals surface area (Å²) < 4.78 is 7.44. The van der Waals surface area contributed by atoms with E-state index in [1.807, 2.05) is 0 Å². The Morgan fingerprint density at radius 3 is 0.664 bits per heavy atom.